The minimum atomic E-state index is -0.878. The topological polar surface area (TPSA) is 197 Å². The summed E-state index contributed by atoms with van der Waals surface area (Å²) in [6.45, 7) is 0.809. The molecule has 7 rings (SSSR count). The van der Waals surface area contributed by atoms with Gasteiger partial charge in [-0.2, -0.15) is 0 Å². The summed E-state index contributed by atoms with van der Waals surface area (Å²) in [4.78, 5) is 40.4. The number of ether oxygens (including phenoxy) is 4. The molecule has 41 heavy (non-hydrogen) atoms. The van der Waals surface area contributed by atoms with Gasteiger partial charge >= 0.3 is 0 Å². The van der Waals surface area contributed by atoms with Gasteiger partial charge in [-0.15, -0.1) is 0 Å². The fourth-order valence-electron chi connectivity index (χ4n) is 5.46. The Morgan fingerprint density at radius 3 is 2.41 bits per heavy atom. The van der Waals surface area contributed by atoms with Crippen LogP contribution in [0, 0.1) is 10.1 Å². The van der Waals surface area contributed by atoms with Gasteiger partial charge in [0.1, 0.15) is 5.10 Å². The number of aromatic nitrogens is 2. The van der Waals surface area contributed by atoms with Crippen LogP contribution in [0.3, 0.4) is 0 Å². The summed E-state index contributed by atoms with van der Waals surface area (Å²) in [7, 11) is 0. The standard InChI is InChI=1S/C26H21N7O8/c27-26(31-33(36)37)28-6-1-7-32-9-13(19-15(32)3-5-17-23(19)41-11-39-17)21-20(24(34)30-25(21)35)12-8-29-14-2-4-16-22(18(12)14)40-10-38-16/h2-5,8-9,29H,1,6-7,10-11H2,(H3,27,28,31)(H,30,34,35). The lowest BCUT2D eigenvalue weighted by Crippen LogP contribution is -2.33. The van der Waals surface area contributed by atoms with Crippen LogP contribution >= 0.6 is 0 Å². The van der Waals surface area contributed by atoms with E-state index in [1.54, 1.807) is 24.5 Å². The summed E-state index contributed by atoms with van der Waals surface area (Å²) in [6.07, 6.45) is 3.97. The lowest BCUT2D eigenvalue weighted by molar-refractivity contribution is -0.485. The minimum Gasteiger partial charge on any atom is -0.454 e. The quantitative estimate of drug-likeness (QED) is 0.0645. The van der Waals surface area contributed by atoms with Crippen LogP contribution in [0.25, 0.3) is 33.0 Å². The van der Waals surface area contributed by atoms with Crippen molar-refractivity contribution in [2.45, 2.75) is 13.0 Å². The molecule has 15 nitrogen and oxygen atoms in total. The van der Waals surface area contributed by atoms with E-state index in [0.717, 1.165) is 11.0 Å². The second-order valence-electron chi connectivity index (χ2n) is 9.39. The van der Waals surface area contributed by atoms with E-state index in [2.05, 4.69) is 20.7 Å². The molecule has 0 saturated carbocycles. The number of nitrogens with one attached hydrogen (secondary N) is 3. The number of hydrogen-bond donors (Lipinski definition) is 4. The summed E-state index contributed by atoms with van der Waals surface area (Å²) in [6, 6.07) is 7.23. The number of carbonyl (C=O) groups excluding carboxylic acids is 2. The van der Waals surface area contributed by atoms with Gasteiger partial charge in [0, 0.05) is 36.6 Å². The third kappa shape index (κ3) is 3.85. The van der Waals surface area contributed by atoms with Gasteiger partial charge in [0.2, 0.25) is 13.6 Å². The molecule has 0 bridgehead atoms. The van der Waals surface area contributed by atoms with Gasteiger partial charge in [-0.25, -0.2) is 10.1 Å². The summed E-state index contributed by atoms with van der Waals surface area (Å²) in [5, 5.41) is 19.1. The van der Waals surface area contributed by atoms with Crippen molar-refractivity contribution in [3.05, 3.63) is 57.9 Å². The molecule has 0 atom stereocenters. The lowest BCUT2D eigenvalue weighted by atomic mass is 9.95. The molecular formula is C26H21N7O8. The summed E-state index contributed by atoms with van der Waals surface area (Å²) >= 11 is 0. The molecule has 208 valence electrons. The molecule has 2 aromatic carbocycles. The molecular weight excluding hydrogens is 538 g/mol. The van der Waals surface area contributed by atoms with E-state index >= 15 is 0 Å². The molecule has 0 radical (unpaired) electrons. The van der Waals surface area contributed by atoms with Gasteiger partial charge in [0.05, 0.1) is 33.0 Å². The van der Waals surface area contributed by atoms with Gasteiger partial charge in [-0.1, -0.05) is 0 Å². The van der Waals surface area contributed by atoms with E-state index in [0.29, 0.717) is 64.4 Å². The monoisotopic (exact) mass is 559 g/mol. The highest BCUT2D eigenvalue weighted by atomic mass is 16.7. The van der Waals surface area contributed by atoms with E-state index in [-0.39, 0.29) is 30.7 Å². The van der Waals surface area contributed by atoms with Crippen LogP contribution in [0.2, 0.25) is 0 Å². The van der Waals surface area contributed by atoms with Crippen molar-refractivity contribution in [3.63, 3.8) is 0 Å². The van der Waals surface area contributed by atoms with Gasteiger partial charge in [0.15, 0.2) is 28.0 Å². The zero-order valence-electron chi connectivity index (χ0n) is 21.2. The number of benzene rings is 2. The van der Waals surface area contributed by atoms with Crippen molar-refractivity contribution in [3.8, 4) is 23.0 Å². The van der Waals surface area contributed by atoms with E-state index in [1.807, 2.05) is 16.7 Å². The summed E-state index contributed by atoms with van der Waals surface area (Å²) in [5.74, 6) is 0.624. The number of hydrogen-bond acceptors (Lipinski definition) is 8. The maximum atomic E-state index is 13.4. The van der Waals surface area contributed by atoms with Crippen LogP contribution < -0.4 is 35.3 Å². The molecule has 0 saturated heterocycles. The zero-order chi connectivity index (χ0) is 28.2. The molecule has 5 N–H and O–H groups in total. The van der Waals surface area contributed by atoms with E-state index in [4.69, 9.17) is 24.7 Å². The number of imide groups is 1. The van der Waals surface area contributed by atoms with Gasteiger partial charge < -0.3 is 39.5 Å². The largest absolute Gasteiger partial charge is 0.454 e. The number of aromatic amines is 1. The van der Waals surface area contributed by atoms with Crippen molar-refractivity contribution in [2.75, 3.05) is 20.1 Å². The molecule has 5 heterocycles. The molecule has 2 amide bonds. The molecule has 4 aromatic rings. The highest BCUT2D eigenvalue weighted by Gasteiger charge is 2.37. The first-order valence-corrected chi connectivity index (χ1v) is 12.5. The third-order valence-electron chi connectivity index (χ3n) is 7.10. The van der Waals surface area contributed by atoms with E-state index in [1.165, 1.54) is 0 Å². The average molecular weight is 559 g/mol. The second-order valence-corrected chi connectivity index (χ2v) is 9.39. The van der Waals surface area contributed by atoms with E-state index in [9.17, 15) is 19.7 Å². The maximum absolute atomic E-state index is 13.4. The molecule has 0 aliphatic carbocycles. The molecule has 15 heteroatoms. The summed E-state index contributed by atoms with van der Waals surface area (Å²) < 4.78 is 24.6. The zero-order valence-corrected chi connectivity index (χ0v) is 21.2. The molecule has 0 unspecified atom stereocenters. The number of guanidine groups is 1. The van der Waals surface area contributed by atoms with Gasteiger partial charge in [-0.05, 0) is 30.7 Å². The lowest BCUT2D eigenvalue weighted by Gasteiger charge is -2.07. The first-order valence-electron chi connectivity index (χ1n) is 12.5. The Kier molecular flexibility index (Phi) is 5.45. The van der Waals surface area contributed by atoms with Gasteiger partial charge in [0.25, 0.3) is 17.8 Å². The number of aryl methyl sites for hydroxylation is 1. The van der Waals surface area contributed by atoms with Crippen molar-refractivity contribution in [1.29, 1.82) is 0 Å². The van der Waals surface area contributed by atoms with Crippen LogP contribution in [-0.2, 0) is 16.1 Å². The Morgan fingerprint density at radius 1 is 1.00 bits per heavy atom. The van der Waals surface area contributed by atoms with Crippen molar-refractivity contribution >= 4 is 50.7 Å². The normalized spacial score (nSPS) is 15.9. The highest BCUT2D eigenvalue weighted by molar-refractivity contribution is 6.51. The number of carbonyl (C=O) groups is 2. The van der Waals surface area contributed by atoms with Gasteiger partial charge in [-0.3, -0.25) is 14.9 Å². The number of nitrogens with two attached hydrogens (primary N) is 1. The Bertz CT molecular complexity index is 1870. The van der Waals surface area contributed by atoms with Crippen molar-refractivity contribution in [2.24, 2.45) is 10.8 Å². The molecule has 0 fully saturated rings. The number of nitro groups is 1. The Hall–Kier alpha value is -5.73. The maximum Gasteiger partial charge on any atom is 0.266 e. The first kappa shape index (κ1) is 24.3. The number of H-pyrrole nitrogens is 1. The molecule has 3 aliphatic rings. The fourth-order valence-corrected chi connectivity index (χ4v) is 5.46. The highest BCUT2D eigenvalue weighted by Crippen LogP contribution is 2.48. The number of rotatable bonds is 7. The van der Waals surface area contributed by atoms with Crippen LogP contribution in [-0.4, -0.2) is 52.5 Å². The predicted octanol–water partition coefficient (Wildman–Crippen LogP) is 1.63. The SMILES string of the molecule is NC(=N[N+](=O)[O-])NCCCn1cc(C2=C(c3c[nH]c4ccc5c(c34)OCO5)C(=O)NC2=O)c2c3c(ccc21)OCO3. The van der Waals surface area contributed by atoms with Crippen LogP contribution in [0.5, 0.6) is 23.0 Å². The third-order valence-corrected chi connectivity index (χ3v) is 7.10. The van der Waals surface area contributed by atoms with Crippen molar-refractivity contribution in [1.82, 2.24) is 20.2 Å². The van der Waals surface area contributed by atoms with Crippen LogP contribution in [0.1, 0.15) is 17.5 Å². The molecule has 3 aliphatic heterocycles. The Labute approximate surface area is 229 Å². The van der Waals surface area contributed by atoms with Crippen molar-refractivity contribution < 1.29 is 33.6 Å². The van der Waals surface area contributed by atoms with Crippen LogP contribution in [0.4, 0.5) is 0 Å². The van der Waals surface area contributed by atoms with E-state index < -0.39 is 16.8 Å². The number of amides is 2. The molecule has 0 spiro atoms. The number of hydrazone groups is 1. The average Bonchev–Trinajstić information content (AvgIpc) is 3.74. The number of fused-ring (bicyclic) bond motifs is 6. The Balaban J connectivity index is 1.36. The smallest absolute Gasteiger partial charge is 0.266 e. The molecule has 2 aromatic heterocycles. The Morgan fingerprint density at radius 2 is 1.68 bits per heavy atom. The predicted molar refractivity (Wildman–Crippen MR) is 144 cm³/mol. The first-order chi connectivity index (χ1) is 19.9. The second kappa shape index (κ2) is 9.18. The minimum absolute atomic E-state index is 0.0149. The fraction of sp³-hybridized carbons (Fsp3) is 0.192. The number of nitrogens with zero attached hydrogens (tertiary/aromatic N) is 3. The van der Waals surface area contributed by atoms with Crippen LogP contribution in [0.15, 0.2) is 41.8 Å². The summed E-state index contributed by atoms with van der Waals surface area (Å²) in [5.41, 5.74) is 8.33.